The second kappa shape index (κ2) is 8.47. The molecule has 1 N–H and O–H groups in total. The van der Waals surface area contributed by atoms with Gasteiger partial charge in [-0.1, -0.05) is 37.8 Å². The molecular weight excluding hydrogens is 315 g/mol. The van der Waals surface area contributed by atoms with Crippen LogP contribution in [0.15, 0.2) is 60.9 Å². The molecule has 0 saturated heterocycles. The van der Waals surface area contributed by atoms with Gasteiger partial charge in [0, 0.05) is 24.1 Å². The maximum absolute atomic E-state index is 13.3. The van der Waals surface area contributed by atoms with Gasteiger partial charge in [-0.3, -0.25) is 4.79 Å². The van der Waals surface area contributed by atoms with Crippen LogP contribution < -0.4 is 0 Å². The summed E-state index contributed by atoms with van der Waals surface area (Å²) in [6.45, 7) is 7.82. The van der Waals surface area contributed by atoms with Gasteiger partial charge >= 0.3 is 0 Å². The number of likely N-dealkylation sites (N-methyl/N-ethyl adjacent to an activating group) is 1. The highest BCUT2D eigenvalue weighted by molar-refractivity contribution is 5.89. The highest BCUT2D eigenvalue weighted by atomic mass is 19.1. The zero-order valence-electron chi connectivity index (χ0n) is 15.1. The van der Waals surface area contributed by atoms with Gasteiger partial charge < -0.3 is 9.88 Å². The molecule has 2 aromatic rings. The zero-order valence-corrected chi connectivity index (χ0v) is 15.1. The van der Waals surface area contributed by atoms with E-state index in [1.165, 1.54) is 12.1 Å². The summed E-state index contributed by atoms with van der Waals surface area (Å²) >= 11 is 0. The molecule has 0 bridgehead atoms. The Morgan fingerprint density at radius 1 is 1.44 bits per heavy atom. The molecule has 1 aromatic carbocycles. The largest absolute Gasteiger partial charge is 0.361 e. The second-order valence-electron chi connectivity index (χ2n) is 6.07. The number of hydrogen-bond acceptors (Lipinski definition) is 1. The molecule has 0 aliphatic carbocycles. The third-order valence-electron chi connectivity index (χ3n) is 4.38. The summed E-state index contributed by atoms with van der Waals surface area (Å²) in [5.74, 6) is -0.280. The van der Waals surface area contributed by atoms with Crippen molar-refractivity contribution < 1.29 is 9.18 Å². The molecule has 4 heteroatoms. The summed E-state index contributed by atoms with van der Waals surface area (Å²) in [4.78, 5) is 17.5. The molecule has 25 heavy (non-hydrogen) atoms. The minimum absolute atomic E-state index is 0.0117. The fourth-order valence-corrected chi connectivity index (χ4v) is 2.76. The summed E-state index contributed by atoms with van der Waals surface area (Å²) in [5, 5.41) is 0.878. The average Bonchev–Trinajstić information content (AvgIpc) is 2.99. The van der Waals surface area contributed by atoms with Crippen molar-refractivity contribution in [3.63, 3.8) is 0 Å². The highest BCUT2D eigenvalue weighted by Crippen LogP contribution is 2.21. The Kier molecular flexibility index (Phi) is 6.34. The van der Waals surface area contributed by atoms with Crippen LogP contribution in [-0.2, 0) is 11.2 Å². The lowest BCUT2D eigenvalue weighted by Crippen LogP contribution is -2.37. The maximum atomic E-state index is 13.3. The predicted molar refractivity (Wildman–Crippen MR) is 102 cm³/mol. The normalized spacial score (nSPS) is 13.4. The number of amides is 1. The molecule has 0 radical (unpaired) electrons. The molecule has 0 aliphatic rings. The summed E-state index contributed by atoms with van der Waals surface area (Å²) in [5.41, 5.74) is 2.61. The van der Waals surface area contributed by atoms with Crippen molar-refractivity contribution in [1.29, 1.82) is 0 Å². The van der Waals surface area contributed by atoms with Crippen LogP contribution in [-0.4, -0.2) is 28.9 Å². The lowest BCUT2D eigenvalue weighted by molar-refractivity contribution is -0.130. The number of benzene rings is 1. The molecule has 1 amide bonds. The van der Waals surface area contributed by atoms with E-state index in [9.17, 15) is 9.18 Å². The van der Waals surface area contributed by atoms with E-state index in [0.717, 1.165) is 22.9 Å². The van der Waals surface area contributed by atoms with Gasteiger partial charge in [0.2, 0.25) is 5.91 Å². The molecule has 3 nitrogen and oxygen atoms in total. The van der Waals surface area contributed by atoms with Gasteiger partial charge in [-0.2, -0.15) is 0 Å². The number of halogens is 1. The number of nitrogens with one attached hydrogen (secondary N) is 1. The van der Waals surface area contributed by atoms with E-state index in [1.54, 1.807) is 30.3 Å². The third-order valence-corrected chi connectivity index (χ3v) is 4.38. The van der Waals surface area contributed by atoms with Gasteiger partial charge in [-0.25, -0.2) is 4.39 Å². The number of nitrogens with zero attached hydrogens (tertiary/aromatic N) is 1. The first-order valence-electron chi connectivity index (χ1n) is 8.48. The quantitative estimate of drug-likeness (QED) is 0.724. The van der Waals surface area contributed by atoms with Crippen molar-refractivity contribution in [3.05, 3.63) is 72.2 Å². The molecule has 1 unspecified atom stereocenters. The number of aromatic amines is 1. The number of fused-ring (bicyclic) bond motifs is 1. The lowest BCUT2D eigenvalue weighted by atomic mass is 10.0. The summed E-state index contributed by atoms with van der Waals surface area (Å²) in [7, 11) is 1.80. The van der Waals surface area contributed by atoms with Gasteiger partial charge in [0.1, 0.15) is 5.82 Å². The smallest absolute Gasteiger partial charge is 0.227 e. The summed E-state index contributed by atoms with van der Waals surface area (Å²) in [6.07, 6.45) is 10.7. The number of hydrogen-bond donors (Lipinski definition) is 1. The summed E-state index contributed by atoms with van der Waals surface area (Å²) < 4.78 is 13.3. The van der Waals surface area contributed by atoms with Crippen molar-refractivity contribution in [1.82, 2.24) is 9.88 Å². The second-order valence-corrected chi connectivity index (χ2v) is 6.07. The monoisotopic (exact) mass is 340 g/mol. The van der Waals surface area contributed by atoms with Crippen molar-refractivity contribution in [2.24, 2.45) is 0 Å². The van der Waals surface area contributed by atoms with E-state index in [1.807, 2.05) is 19.1 Å². The number of H-pyrrole nitrogens is 1. The average molecular weight is 340 g/mol. The first kappa shape index (κ1) is 18.7. The molecule has 2 rings (SSSR count). The fourth-order valence-electron chi connectivity index (χ4n) is 2.76. The van der Waals surface area contributed by atoms with Crippen molar-refractivity contribution in [3.8, 4) is 0 Å². The Morgan fingerprint density at radius 2 is 2.20 bits per heavy atom. The van der Waals surface area contributed by atoms with Crippen LogP contribution in [0.25, 0.3) is 10.9 Å². The van der Waals surface area contributed by atoms with Crippen LogP contribution in [0, 0.1) is 5.82 Å². The number of carbonyl (C=O) groups excluding carboxylic acids is 1. The first-order chi connectivity index (χ1) is 12.0. The number of allylic oxidation sites excluding steroid dienone is 3. The molecule has 0 fully saturated rings. The zero-order chi connectivity index (χ0) is 18.4. The van der Waals surface area contributed by atoms with E-state index in [2.05, 4.69) is 24.6 Å². The fraction of sp³-hybridized carbons (Fsp3) is 0.286. The van der Waals surface area contributed by atoms with Crippen LogP contribution in [0.4, 0.5) is 4.39 Å². The van der Waals surface area contributed by atoms with E-state index < -0.39 is 0 Å². The van der Waals surface area contributed by atoms with Crippen molar-refractivity contribution in [2.45, 2.75) is 32.7 Å². The highest BCUT2D eigenvalue weighted by Gasteiger charge is 2.19. The molecule has 1 atom stereocenters. The van der Waals surface area contributed by atoms with E-state index in [0.29, 0.717) is 5.52 Å². The van der Waals surface area contributed by atoms with E-state index in [-0.39, 0.29) is 24.2 Å². The number of aromatic nitrogens is 1. The predicted octanol–water partition coefficient (Wildman–Crippen LogP) is 4.78. The molecule has 1 aromatic heterocycles. The molecule has 1 heterocycles. The summed E-state index contributed by atoms with van der Waals surface area (Å²) in [6, 6.07) is 4.50. The maximum Gasteiger partial charge on any atom is 0.227 e. The number of rotatable bonds is 7. The topological polar surface area (TPSA) is 36.1 Å². The first-order valence-corrected chi connectivity index (χ1v) is 8.48. The van der Waals surface area contributed by atoms with E-state index >= 15 is 0 Å². The minimum Gasteiger partial charge on any atom is -0.361 e. The molecule has 0 saturated carbocycles. The Bertz CT molecular complexity index is 816. The van der Waals surface area contributed by atoms with Gasteiger partial charge in [0.15, 0.2) is 0 Å². The standard InChI is InChI=1S/C21H25FN2O/c1-5-7-9-16(8-6-2)15(3)24(4)21(25)12-17-14-23-20-13-18(22)10-11-19(17)20/h6-11,13-15,23H,2,5,12H2,1,3-4H3/b9-7-,16-8+. The number of carbonyl (C=O) groups is 1. The van der Waals surface area contributed by atoms with Crippen LogP contribution in [0.2, 0.25) is 0 Å². The molecule has 0 spiro atoms. The van der Waals surface area contributed by atoms with Crippen molar-refractivity contribution in [2.75, 3.05) is 7.05 Å². The minimum atomic E-state index is -0.292. The van der Waals surface area contributed by atoms with E-state index in [4.69, 9.17) is 0 Å². The Hall–Kier alpha value is -2.62. The molecule has 132 valence electrons. The van der Waals surface area contributed by atoms with Crippen molar-refractivity contribution >= 4 is 16.8 Å². The molecular formula is C21H25FN2O. The molecule has 0 aliphatic heterocycles. The third kappa shape index (κ3) is 4.47. The Labute approximate surface area is 148 Å². The Balaban J connectivity index is 2.16. The van der Waals surface area contributed by atoms with Gasteiger partial charge in [0.25, 0.3) is 0 Å². The van der Waals surface area contributed by atoms with Crippen LogP contribution in [0.1, 0.15) is 25.8 Å². The van der Waals surface area contributed by atoms with Gasteiger partial charge in [-0.15, -0.1) is 0 Å². The lowest BCUT2D eigenvalue weighted by Gasteiger charge is -2.26. The van der Waals surface area contributed by atoms with Gasteiger partial charge in [-0.05, 0) is 42.7 Å². The van der Waals surface area contributed by atoms with Gasteiger partial charge in [0.05, 0.1) is 12.5 Å². The van der Waals surface area contributed by atoms with Crippen LogP contribution in [0.3, 0.4) is 0 Å². The van der Waals surface area contributed by atoms with Crippen LogP contribution in [0.5, 0.6) is 0 Å². The van der Waals surface area contributed by atoms with Crippen LogP contribution >= 0.6 is 0 Å². The SMILES string of the molecule is C=C/C=C(\C=C/CC)C(C)N(C)C(=O)Cc1c[nH]c2cc(F)ccc12. The Morgan fingerprint density at radius 3 is 2.88 bits per heavy atom.